The van der Waals surface area contributed by atoms with Crippen LogP contribution in [0.1, 0.15) is 16.1 Å². The number of nitrogens with zero attached hydrogens (tertiary/aromatic N) is 1. The molecule has 0 N–H and O–H groups in total. The Morgan fingerprint density at radius 3 is 2.79 bits per heavy atom. The molecule has 0 aliphatic heterocycles. The molecule has 5 heteroatoms. The van der Waals surface area contributed by atoms with Crippen molar-refractivity contribution in [2.75, 3.05) is 7.11 Å². The fraction of sp³-hybridized carbons (Fsp3) is 0.143. The van der Waals surface area contributed by atoms with Crippen LogP contribution in [-0.2, 0) is 11.3 Å². The second kappa shape index (κ2) is 5.95. The van der Waals surface area contributed by atoms with E-state index in [-0.39, 0.29) is 24.0 Å². The van der Waals surface area contributed by atoms with Crippen LogP contribution < -0.4 is 4.74 Å². The minimum atomic E-state index is -0.531. The first-order chi connectivity index (χ1) is 9.19. The highest BCUT2D eigenvalue weighted by atomic mass is 19.1. The van der Waals surface area contributed by atoms with Crippen LogP contribution in [0, 0.1) is 5.82 Å². The van der Waals surface area contributed by atoms with Crippen LogP contribution in [0.3, 0.4) is 0 Å². The first-order valence-corrected chi connectivity index (χ1v) is 5.61. The summed E-state index contributed by atoms with van der Waals surface area (Å²) in [4.78, 5) is 15.3. The number of benzene rings is 1. The van der Waals surface area contributed by atoms with Gasteiger partial charge in [0.25, 0.3) is 0 Å². The van der Waals surface area contributed by atoms with Crippen molar-refractivity contribution in [3.63, 3.8) is 0 Å². The van der Waals surface area contributed by atoms with Gasteiger partial charge in [0.15, 0.2) is 5.69 Å². The smallest absolute Gasteiger partial charge is 0.356 e. The van der Waals surface area contributed by atoms with Gasteiger partial charge >= 0.3 is 5.97 Å². The maximum Gasteiger partial charge on any atom is 0.356 e. The number of ether oxygens (including phenoxy) is 2. The monoisotopic (exact) mass is 261 g/mol. The summed E-state index contributed by atoms with van der Waals surface area (Å²) >= 11 is 0. The van der Waals surface area contributed by atoms with Crippen molar-refractivity contribution in [1.29, 1.82) is 0 Å². The molecule has 0 spiro atoms. The number of methoxy groups -OCH3 is 1. The summed E-state index contributed by atoms with van der Waals surface area (Å²) < 4.78 is 22.9. The Labute approximate surface area is 109 Å². The van der Waals surface area contributed by atoms with Gasteiger partial charge in [-0.3, -0.25) is 0 Å². The molecule has 0 saturated heterocycles. The molecule has 1 heterocycles. The van der Waals surface area contributed by atoms with Crippen LogP contribution in [-0.4, -0.2) is 18.1 Å². The minimum Gasteiger partial charge on any atom is -0.473 e. The van der Waals surface area contributed by atoms with E-state index in [9.17, 15) is 9.18 Å². The molecule has 2 rings (SSSR count). The Hall–Kier alpha value is -2.43. The quantitative estimate of drug-likeness (QED) is 0.794. The Morgan fingerprint density at radius 1 is 1.26 bits per heavy atom. The van der Waals surface area contributed by atoms with E-state index in [0.29, 0.717) is 5.56 Å². The van der Waals surface area contributed by atoms with E-state index in [2.05, 4.69) is 9.72 Å². The molecular weight excluding hydrogens is 249 g/mol. The van der Waals surface area contributed by atoms with Crippen LogP contribution in [0.5, 0.6) is 5.88 Å². The van der Waals surface area contributed by atoms with Crippen molar-refractivity contribution >= 4 is 5.97 Å². The zero-order valence-corrected chi connectivity index (χ0v) is 10.3. The van der Waals surface area contributed by atoms with Crippen molar-refractivity contribution < 1.29 is 18.7 Å². The molecule has 0 aliphatic rings. The molecule has 4 nitrogen and oxygen atoms in total. The molecular formula is C14H12FNO3. The maximum atomic E-state index is 13.0. The number of halogens is 1. The molecule has 1 aromatic carbocycles. The number of esters is 1. The highest BCUT2D eigenvalue weighted by Crippen LogP contribution is 2.12. The number of pyridine rings is 1. The molecule has 19 heavy (non-hydrogen) atoms. The predicted octanol–water partition coefficient (Wildman–Crippen LogP) is 2.59. The third-order valence-corrected chi connectivity index (χ3v) is 2.39. The van der Waals surface area contributed by atoms with Crippen molar-refractivity contribution in [1.82, 2.24) is 4.98 Å². The highest BCUT2D eigenvalue weighted by Gasteiger charge is 2.08. The summed E-state index contributed by atoms with van der Waals surface area (Å²) in [6.07, 6.45) is 0. The lowest BCUT2D eigenvalue weighted by atomic mass is 10.2. The summed E-state index contributed by atoms with van der Waals surface area (Å²) in [5, 5.41) is 0. The van der Waals surface area contributed by atoms with Gasteiger partial charge in [-0.1, -0.05) is 18.2 Å². The predicted molar refractivity (Wildman–Crippen MR) is 66.3 cm³/mol. The minimum absolute atomic E-state index is 0.166. The Bertz CT molecular complexity index is 586. The Kier molecular flexibility index (Phi) is 4.07. The van der Waals surface area contributed by atoms with Crippen molar-refractivity contribution in [3.8, 4) is 5.88 Å². The molecule has 98 valence electrons. The van der Waals surface area contributed by atoms with E-state index < -0.39 is 5.97 Å². The van der Waals surface area contributed by atoms with Crippen LogP contribution in [0.4, 0.5) is 4.39 Å². The molecule has 2 aromatic rings. The van der Waals surface area contributed by atoms with Gasteiger partial charge in [0.1, 0.15) is 12.4 Å². The molecule has 0 aliphatic carbocycles. The van der Waals surface area contributed by atoms with Crippen LogP contribution in [0.25, 0.3) is 0 Å². The molecule has 0 fully saturated rings. The van der Waals surface area contributed by atoms with Crippen LogP contribution >= 0.6 is 0 Å². The summed E-state index contributed by atoms with van der Waals surface area (Å²) in [5.41, 5.74) is 0.851. The van der Waals surface area contributed by atoms with Crippen molar-refractivity contribution in [3.05, 3.63) is 59.5 Å². The summed E-state index contributed by atoms with van der Waals surface area (Å²) in [5.74, 6) is -0.569. The zero-order chi connectivity index (χ0) is 13.7. The second-order valence-electron chi connectivity index (χ2n) is 3.77. The van der Waals surface area contributed by atoms with Gasteiger partial charge in [0, 0.05) is 6.07 Å². The first-order valence-electron chi connectivity index (χ1n) is 5.61. The van der Waals surface area contributed by atoms with Crippen molar-refractivity contribution in [2.45, 2.75) is 6.61 Å². The Morgan fingerprint density at radius 2 is 2.05 bits per heavy atom. The molecule has 0 atom stereocenters. The van der Waals surface area contributed by atoms with Gasteiger partial charge in [-0.15, -0.1) is 0 Å². The highest BCUT2D eigenvalue weighted by molar-refractivity contribution is 5.87. The average molecular weight is 261 g/mol. The van der Waals surface area contributed by atoms with Gasteiger partial charge in [0.2, 0.25) is 5.88 Å². The number of aromatic nitrogens is 1. The van der Waals surface area contributed by atoms with E-state index in [4.69, 9.17) is 4.74 Å². The molecule has 0 unspecified atom stereocenters. The largest absolute Gasteiger partial charge is 0.473 e. The number of hydrogen-bond donors (Lipinski definition) is 0. The number of carbonyl (C=O) groups is 1. The fourth-order valence-corrected chi connectivity index (χ4v) is 1.50. The average Bonchev–Trinajstić information content (AvgIpc) is 2.45. The second-order valence-corrected chi connectivity index (χ2v) is 3.77. The Balaban J connectivity index is 2.05. The van der Waals surface area contributed by atoms with Crippen LogP contribution in [0.2, 0.25) is 0 Å². The van der Waals surface area contributed by atoms with Gasteiger partial charge in [-0.2, -0.15) is 0 Å². The molecule has 0 amide bonds. The van der Waals surface area contributed by atoms with E-state index in [0.717, 1.165) is 0 Å². The summed E-state index contributed by atoms with van der Waals surface area (Å²) in [7, 11) is 1.28. The van der Waals surface area contributed by atoms with Gasteiger partial charge in [0.05, 0.1) is 7.11 Å². The van der Waals surface area contributed by atoms with E-state index in [1.165, 1.54) is 25.3 Å². The lowest BCUT2D eigenvalue weighted by Crippen LogP contribution is -2.05. The molecule has 0 saturated carbocycles. The van der Waals surface area contributed by atoms with Crippen molar-refractivity contribution in [2.24, 2.45) is 0 Å². The summed E-state index contributed by atoms with van der Waals surface area (Å²) in [6.45, 7) is 0.176. The zero-order valence-electron chi connectivity index (χ0n) is 10.3. The van der Waals surface area contributed by atoms with E-state index in [1.54, 1.807) is 24.3 Å². The molecule has 1 aromatic heterocycles. The third-order valence-electron chi connectivity index (χ3n) is 2.39. The van der Waals surface area contributed by atoms with Crippen LogP contribution in [0.15, 0.2) is 42.5 Å². The maximum absolute atomic E-state index is 13.0. The normalized spacial score (nSPS) is 10.0. The standard InChI is InChI=1S/C14H12FNO3/c1-18-14(17)12-6-3-7-13(16-12)19-9-10-4-2-5-11(15)8-10/h2-8H,9H2,1H3. The number of rotatable bonds is 4. The van der Waals surface area contributed by atoms with E-state index in [1.807, 2.05) is 0 Å². The lowest BCUT2D eigenvalue weighted by Gasteiger charge is -2.06. The van der Waals surface area contributed by atoms with Gasteiger partial charge in [-0.25, -0.2) is 14.2 Å². The van der Waals surface area contributed by atoms with Gasteiger partial charge < -0.3 is 9.47 Å². The fourth-order valence-electron chi connectivity index (χ4n) is 1.50. The molecule has 0 bridgehead atoms. The van der Waals surface area contributed by atoms with E-state index >= 15 is 0 Å². The number of carbonyl (C=O) groups excluding carboxylic acids is 1. The number of hydrogen-bond acceptors (Lipinski definition) is 4. The lowest BCUT2D eigenvalue weighted by molar-refractivity contribution is 0.0592. The summed E-state index contributed by atoms with van der Waals surface area (Å²) in [6, 6.07) is 10.9. The first kappa shape index (κ1) is 13.0. The third kappa shape index (κ3) is 3.51. The van der Waals surface area contributed by atoms with Gasteiger partial charge in [-0.05, 0) is 23.8 Å². The SMILES string of the molecule is COC(=O)c1cccc(OCc2cccc(F)c2)n1. The molecule has 0 radical (unpaired) electrons. The topological polar surface area (TPSA) is 48.4 Å².